The first kappa shape index (κ1) is 14.9. The minimum atomic E-state index is -4.07. The Hall–Kier alpha value is -1.12. The molecular weight excluding hydrogens is 269 g/mol. The summed E-state index contributed by atoms with van der Waals surface area (Å²) in [6, 6.07) is 3.96. The maximum atomic E-state index is 12.7. The van der Waals surface area contributed by atoms with E-state index in [0.717, 1.165) is 24.3 Å². The number of nitrogens with two attached hydrogens (primary N) is 1. The summed E-state index contributed by atoms with van der Waals surface area (Å²) in [5.74, 6) is -0.604. The molecule has 0 amide bonds. The molecule has 0 aliphatic carbocycles. The van der Waals surface area contributed by atoms with Crippen molar-refractivity contribution >= 4 is 10.0 Å². The molecular formula is C10H13F3N2O2S. The standard InChI is InChI=1S/C10H13F3N2O2S/c11-8-1-3-9(4-2-8)18(16,17)15(6-5-14)7-10(12)13/h1-4,10H,5-7,14H2. The van der Waals surface area contributed by atoms with E-state index in [0.29, 0.717) is 4.31 Å². The lowest BCUT2D eigenvalue weighted by molar-refractivity contribution is 0.120. The predicted molar refractivity (Wildman–Crippen MR) is 60.2 cm³/mol. The number of alkyl halides is 2. The van der Waals surface area contributed by atoms with Gasteiger partial charge in [0.25, 0.3) is 6.43 Å². The van der Waals surface area contributed by atoms with Crippen LogP contribution in [0.4, 0.5) is 13.2 Å². The van der Waals surface area contributed by atoms with E-state index >= 15 is 0 Å². The van der Waals surface area contributed by atoms with Gasteiger partial charge in [0, 0.05) is 13.1 Å². The number of sulfonamides is 1. The molecule has 18 heavy (non-hydrogen) atoms. The van der Waals surface area contributed by atoms with Crippen LogP contribution in [0, 0.1) is 5.82 Å². The molecule has 4 nitrogen and oxygen atoms in total. The molecule has 0 radical (unpaired) electrons. The fourth-order valence-corrected chi connectivity index (χ4v) is 2.80. The Kier molecular flexibility index (Phi) is 5.12. The second-order valence-electron chi connectivity index (χ2n) is 3.50. The monoisotopic (exact) mass is 282 g/mol. The van der Waals surface area contributed by atoms with E-state index in [2.05, 4.69) is 0 Å². The molecule has 0 aliphatic heterocycles. The third-order valence-corrected chi connectivity index (χ3v) is 4.05. The van der Waals surface area contributed by atoms with Crippen LogP contribution in [-0.4, -0.2) is 38.8 Å². The van der Waals surface area contributed by atoms with Gasteiger partial charge in [-0.15, -0.1) is 0 Å². The highest BCUT2D eigenvalue weighted by molar-refractivity contribution is 7.89. The molecule has 0 saturated carbocycles. The van der Waals surface area contributed by atoms with Crippen LogP contribution in [0.3, 0.4) is 0 Å². The van der Waals surface area contributed by atoms with Gasteiger partial charge in [0.05, 0.1) is 11.4 Å². The zero-order valence-corrected chi connectivity index (χ0v) is 10.2. The maximum Gasteiger partial charge on any atom is 0.252 e. The van der Waals surface area contributed by atoms with E-state index in [-0.39, 0.29) is 18.0 Å². The number of nitrogens with zero attached hydrogens (tertiary/aromatic N) is 1. The van der Waals surface area contributed by atoms with Crippen molar-refractivity contribution in [3.63, 3.8) is 0 Å². The van der Waals surface area contributed by atoms with Gasteiger partial charge in [-0.2, -0.15) is 4.31 Å². The quantitative estimate of drug-likeness (QED) is 0.848. The summed E-state index contributed by atoms with van der Waals surface area (Å²) in [5.41, 5.74) is 5.19. The normalized spacial score (nSPS) is 12.3. The summed E-state index contributed by atoms with van der Waals surface area (Å²) in [4.78, 5) is -0.238. The maximum absolute atomic E-state index is 12.7. The summed E-state index contributed by atoms with van der Waals surface area (Å²) in [6.07, 6.45) is -2.80. The summed E-state index contributed by atoms with van der Waals surface area (Å²) in [6.45, 7) is -1.23. The minimum absolute atomic E-state index is 0.0762. The highest BCUT2D eigenvalue weighted by Gasteiger charge is 2.26. The fraction of sp³-hybridized carbons (Fsp3) is 0.400. The molecule has 102 valence electrons. The largest absolute Gasteiger partial charge is 0.329 e. The highest BCUT2D eigenvalue weighted by atomic mass is 32.2. The molecule has 0 spiro atoms. The van der Waals surface area contributed by atoms with Crippen LogP contribution in [-0.2, 0) is 10.0 Å². The van der Waals surface area contributed by atoms with E-state index in [1.54, 1.807) is 0 Å². The molecule has 0 aromatic heterocycles. The first-order valence-corrected chi connectivity index (χ1v) is 6.56. The van der Waals surface area contributed by atoms with Crippen molar-refractivity contribution < 1.29 is 21.6 Å². The minimum Gasteiger partial charge on any atom is -0.329 e. The Morgan fingerprint density at radius 1 is 1.22 bits per heavy atom. The lowest BCUT2D eigenvalue weighted by atomic mass is 10.4. The Morgan fingerprint density at radius 3 is 2.22 bits per heavy atom. The molecule has 2 N–H and O–H groups in total. The molecule has 0 heterocycles. The summed E-state index contributed by atoms with van der Waals surface area (Å²) in [7, 11) is -4.07. The number of hydrogen-bond donors (Lipinski definition) is 1. The molecule has 8 heteroatoms. The Bertz CT molecular complexity index is 476. The van der Waals surface area contributed by atoms with Crippen molar-refractivity contribution in [1.82, 2.24) is 4.31 Å². The zero-order valence-electron chi connectivity index (χ0n) is 9.39. The van der Waals surface area contributed by atoms with Crippen LogP contribution in [0.1, 0.15) is 0 Å². The van der Waals surface area contributed by atoms with Gasteiger partial charge in [0.15, 0.2) is 0 Å². The highest BCUT2D eigenvalue weighted by Crippen LogP contribution is 2.16. The summed E-state index contributed by atoms with van der Waals surface area (Å²) >= 11 is 0. The van der Waals surface area contributed by atoms with Crippen LogP contribution >= 0.6 is 0 Å². The van der Waals surface area contributed by atoms with Crippen LogP contribution in [0.15, 0.2) is 29.2 Å². The van der Waals surface area contributed by atoms with Crippen molar-refractivity contribution in [3.05, 3.63) is 30.1 Å². The first-order chi connectivity index (χ1) is 8.37. The van der Waals surface area contributed by atoms with Gasteiger partial charge in [-0.05, 0) is 24.3 Å². The predicted octanol–water partition coefficient (Wildman–Crippen LogP) is 1.04. The number of rotatable bonds is 6. The van der Waals surface area contributed by atoms with Crippen LogP contribution in [0.5, 0.6) is 0 Å². The van der Waals surface area contributed by atoms with Gasteiger partial charge >= 0.3 is 0 Å². The molecule has 0 saturated heterocycles. The Morgan fingerprint density at radius 2 is 1.78 bits per heavy atom. The van der Waals surface area contributed by atoms with Crippen LogP contribution in [0.25, 0.3) is 0 Å². The lowest BCUT2D eigenvalue weighted by Crippen LogP contribution is -2.38. The van der Waals surface area contributed by atoms with Crippen LogP contribution < -0.4 is 5.73 Å². The van der Waals surface area contributed by atoms with Crippen molar-refractivity contribution in [1.29, 1.82) is 0 Å². The summed E-state index contributed by atoms with van der Waals surface area (Å²) in [5, 5.41) is 0. The first-order valence-electron chi connectivity index (χ1n) is 5.12. The van der Waals surface area contributed by atoms with Crippen molar-refractivity contribution in [2.45, 2.75) is 11.3 Å². The van der Waals surface area contributed by atoms with Gasteiger partial charge in [0.1, 0.15) is 5.82 Å². The third kappa shape index (κ3) is 3.69. The van der Waals surface area contributed by atoms with Gasteiger partial charge in [-0.3, -0.25) is 0 Å². The fourth-order valence-electron chi connectivity index (χ4n) is 1.36. The van der Waals surface area contributed by atoms with Gasteiger partial charge in [-0.1, -0.05) is 0 Å². The third-order valence-electron chi connectivity index (χ3n) is 2.17. The van der Waals surface area contributed by atoms with Crippen molar-refractivity contribution in [2.75, 3.05) is 19.6 Å². The van der Waals surface area contributed by atoms with Gasteiger partial charge < -0.3 is 5.73 Å². The molecule has 0 fully saturated rings. The SMILES string of the molecule is NCCN(CC(F)F)S(=O)(=O)c1ccc(F)cc1. The van der Waals surface area contributed by atoms with Crippen molar-refractivity contribution in [3.8, 4) is 0 Å². The van der Waals surface area contributed by atoms with E-state index < -0.39 is 28.8 Å². The zero-order chi connectivity index (χ0) is 13.8. The van der Waals surface area contributed by atoms with Gasteiger partial charge in [0.2, 0.25) is 10.0 Å². The molecule has 1 aromatic rings. The number of benzene rings is 1. The number of halogens is 3. The molecule has 1 aromatic carbocycles. The Labute approximate surface area is 103 Å². The topological polar surface area (TPSA) is 63.4 Å². The average molecular weight is 282 g/mol. The second-order valence-corrected chi connectivity index (χ2v) is 5.43. The Balaban J connectivity index is 3.04. The molecule has 0 aliphatic rings. The molecule has 0 bridgehead atoms. The molecule has 1 rings (SSSR count). The van der Waals surface area contributed by atoms with E-state index in [1.165, 1.54) is 0 Å². The van der Waals surface area contributed by atoms with E-state index in [4.69, 9.17) is 5.73 Å². The number of hydrogen-bond acceptors (Lipinski definition) is 3. The molecule has 0 atom stereocenters. The average Bonchev–Trinajstić information content (AvgIpc) is 2.28. The second kappa shape index (κ2) is 6.17. The van der Waals surface area contributed by atoms with Gasteiger partial charge in [-0.25, -0.2) is 21.6 Å². The lowest BCUT2D eigenvalue weighted by Gasteiger charge is -2.20. The summed E-state index contributed by atoms with van der Waals surface area (Å²) < 4.78 is 61.9. The smallest absolute Gasteiger partial charge is 0.252 e. The van der Waals surface area contributed by atoms with Crippen LogP contribution in [0.2, 0.25) is 0 Å². The van der Waals surface area contributed by atoms with E-state index in [9.17, 15) is 21.6 Å². The van der Waals surface area contributed by atoms with Crippen molar-refractivity contribution in [2.24, 2.45) is 5.73 Å². The molecule has 0 unspecified atom stereocenters. The van der Waals surface area contributed by atoms with E-state index in [1.807, 2.05) is 0 Å².